The van der Waals surface area contributed by atoms with Crippen LogP contribution in [0.4, 0.5) is 4.79 Å². The molecule has 1 unspecified atom stereocenters. The average Bonchev–Trinajstić information content (AvgIpc) is 2.65. The molecule has 1 aromatic rings. The second-order valence-electron chi connectivity index (χ2n) is 11.7. The van der Waals surface area contributed by atoms with Crippen molar-refractivity contribution in [1.82, 2.24) is 4.90 Å². The van der Waals surface area contributed by atoms with Gasteiger partial charge in [-0.3, -0.25) is 0 Å². The molecule has 1 aromatic carbocycles. The molecule has 7 heteroatoms. The number of nitrogens with zero attached hydrogens (tertiary/aromatic N) is 2. The Kier molecular flexibility index (Phi) is 6.44. The van der Waals surface area contributed by atoms with Crippen molar-refractivity contribution in [3.63, 3.8) is 0 Å². The molecule has 6 nitrogen and oxygen atoms in total. The molecule has 2 heterocycles. The quantitative estimate of drug-likeness (QED) is 0.495. The first kappa shape index (κ1) is 24.6. The zero-order valence-corrected chi connectivity index (χ0v) is 21.9. The highest BCUT2D eigenvalue weighted by atomic mass is 28.4. The van der Waals surface area contributed by atoms with E-state index in [0.717, 1.165) is 30.6 Å². The molecule has 1 spiro atoms. The Morgan fingerprint density at radius 1 is 1.19 bits per heavy atom. The molecular formula is C25H38N2O4Si. The predicted molar refractivity (Wildman–Crippen MR) is 127 cm³/mol. The number of likely N-dealkylation sites (tertiary alicyclic amines) is 1. The largest absolute Gasteiger partial charge is 0.487 e. The van der Waals surface area contributed by atoms with Crippen LogP contribution in [0, 0.1) is 11.3 Å². The highest BCUT2D eigenvalue weighted by Crippen LogP contribution is 2.49. The second kappa shape index (κ2) is 8.38. The van der Waals surface area contributed by atoms with E-state index in [-0.39, 0.29) is 22.8 Å². The molecule has 3 rings (SSSR count). The van der Waals surface area contributed by atoms with Crippen LogP contribution in [0.5, 0.6) is 5.75 Å². The van der Waals surface area contributed by atoms with Gasteiger partial charge in [-0.1, -0.05) is 20.8 Å². The number of nitriles is 1. The summed E-state index contributed by atoms with van der Waals surface area (Å²) in [4.78, 5) is 14.3. The number of piperidine rings is 1. The third-order valence-corrected chi connectivity index (χ3v) is 11.4. The van der Waals surface area contributed by atoms with Crippen LogP contribution >= 0.6 is 0 Å². The minimum absolute atomic E-state index is 0.0749. The maximum atomic E-state index is 12.5. The van der Waals surface area contributed by atoms with Gasteiger partial charge < -0.3 is 18.8 Å². The number of rotatable bonds is 2. The number of hydrogen-bond donors (Lipinski definition) is 0. The summed E-state index contributed by atoms with van der Waals surface area (Å²) in [6, 6.07) is 7.86. The van der Waals surface area contributed by atoms with E-state index in [0.29, 0.717) is 18.7 Å². The van der Waals surface area contributed by atoms with Crippen LogP contribution in [0.15, 0.2) is 18.2 Å². The van der Waals surface area contributed by atoms with Gasteiger partial charge in [-0.2, -0.15) is 5.26 Å². The minimum Gasteiger partial charge on any atom is -0.487 e. The van der Waals surface area contributed by atoms with Crippen LogP contribution in [0.25, 0.3) is 0 Å². The molecule has 0 saturated carbocycles. The van der Waals surface area contributed by atoms with Crippen molar-refractivity contribution < 1.29 is 18.7 Å². The zero-order chi connectivity index (χ0) is 23.9. The molecule has 1 fully saturated rings. The Balaban J connectivity index is 1.84. The van der Waals surface area contributed by atoms with E-state index in [4.69, 9.17) is 13.9 Å². The summed E-state index contributed by atoms with van der Waals surface area (Å²) in [5.41, 5.74) is 0.695. The maximum Gasteiger partial charge on any atom is 0.410 e. The van der Waals surface area contributed by atoms with Crippen LogP contribution in [-0.2, 0) is 9.16 Å². The summed E-state index contributed by atoms with van der Waals surface area (Å²) in [5.74, 6) is 0.796. The van der Waals surface area contributed by atoms with Gasteiger partial charge in [0, 0.05) is 37.9 Å². The molecule has 1 atom stereocenters. The Morgan fingerprint density at radius 3 is 2.34 bits per heavy atom. The summed E-state index contributed by atoms with van der Waals surface area (Å²) in [5, 5.41) is 9.49. The SMILES string of the molecule is CC(C)(C)OC(=O)N1CCC2(CC1)CC(O[Si](C)(C)C(C)(C)C)c1cc(C#N)ccc1O2. The Bertz CT molecular complexity index is 900. The van der Waals surface area contributed by atoms with Crippen molar-refractivity contribution in [2.75, 3.05) is 13.1 Å². The molecule has 1 amide bonds. The number of amides is 1. The highest BCUT2D eigenvalue weighted by Gasteiger charge is 2.48. The molecule has 176 valence electrons. The molecule has 32 heavy (non-hydrogen) atoms. The van der Waals surface area contributed by atoms with Crippen LogP contribution in [0.2, 0.25) is 18.1 Å². The lowest BCUT2D eigenvalue weighted by molar-refractivity contribution is -0.0542. The van der Waals surface area contributed by atoms with E-state index in [1.165, 1.54) is 0 Å². The highest BCUT2D eigenvalue weighted by molar-refractivity contribution is 6.74. The summed E-state index contributed by atoms with van der Waals surface area (Å²) in [7, 11) is -2.05. The van der Waals surface area contributed by atoms with Crippen molar-refractivity contribution >= 4 is 14.4 Å². The third-order valence-electron chi connectivity index (χ3n) is 6.94. The molecule has 0 aromatic heterocycles. The topological polar surface area (TPSA) is 71.8 Å². The summed E-state index contributed by atoms with van der Waals surface area (Å²) < 4.78 is 19.0. The lowest BCUT2D eigenvalue weighted by Crippen LogP contribution is -2.53. The van der Waals surface area contributed by atoms with Crippen LogP contribution in [-0.4, -0.2) is 43.6 Å². The fourth-order valence-electron chi connectivity index (χ4n) is 4.05. The second-order valence-corrected chi connectivity index (χ2v) is 16.4. The van der Waals surface area contributed by atoms with Crippen LogP contribution in [0.1, 0.15) is 78.0 Å². The van der Waals surface area contributed by atoms with Gasteiger partial charge in [0.05, 0.1) is 17.7 Å². The summed E-state index contributed by atoms with van der Waals surface area (Å²) in [6.45, 7) is 18.1. The minimum atomic E-state index is -2.05. The molecule has 0 radical (unpaired) electrons. The van der Waals surface area contributed by atoms with E-state index < -0.39 is 13.9 Å². The van der Waals surface area contributed by atoms with Crippen molar-refractivity contribution in [3.05, 3.63) is 29.3 Å². The molecule has 1 saturated heterocycles. The zero-order valence-electron chi connectivity index (χ0n) is 20.9. The molecular weight excluding hydrogens is 420 g/mol. The van der Waals surface area contributed by atoms with Gasteiger partial charge in [-0.15, -0.1) is 0 Å². The van der Waals surface area contributed by atoms with E-state index in [1.807, 2.05) is 32.9 Å². The first-order valence-corrected chi connectivity index (χ1v) is 14.4. The summed E-state index contributed by atoms with van der Waals surface area (Å²) >= 11 is 0. The van der Waals surface area contributed by atoms with Gasteiger partial charge in [-0.05, 0) is 57.1 Å². The summed E-state index contributed by atoms with van der Waals surface area (Å²) in [6.07, 6.45) is 1.78. The van der Waals surface area contributed by atoms with Crippen LogP contribution < -0.4 is 4.74 Å². The molecule has 0 aliphatic carbocycles. The van der Waals surface area contributed by atoms with E-state index >= 15 is 0 Å². The van der Waals surface area contributed by atoms with Gasteiger partial charge >= 0.3 is 6.09 Å². The number of fused-ring (bicyclic) bond motifs is 1. The first-order valence-electron chi connectivity index (χ1n) is 11.5. The van der Waals surface area contributed by atoms with Gasteiger partial charge in [0.15, 0.2) is 8.32 Å². The van der Waals surface area contributed by atoms with Crippen molar-refractivity contribution in [1.29, 1.82) is 5.26 Å². The first-order chi connectivity index (χ1) is 14.6. The molecule has 2 aliphatic rings. The fraction of sp³-hybridized carbons (Fsp3) is 0.680. The smallest absolute Gasteiger partial charge is 0.410 e. The lowest BCUT2D eigenvalue weighted by Gasteiger charge is -2.49. The van der Waals surface area contributed by atoms with E-state index in [2.05, 4.69) is 39.9 Å². The Labute approximate surface area is 194 Å². The predicted octanol–water partition coefficient (Wildman–Crippen LogP) is 6.17. The van der Waals surface area contributed by atoms with Gasteiger partial charge in [-0.25, -0.2) is 4.79 Å². The van der Waals surface area contributed by atoms with Gasteiger partial charge in [0.25, 0.3) is 0 Å². The average molecular weight is 459 g/mol. The van der Waals surface area contributed by atoms with Crippen molar-refractivity contribution in [3.8, 4) is 11.8 Å². The number of hydrogen-bond acceptors (Lipinski definition) is 5. The van der Waals surface area contributed by atoms with Gasteiger partial charge in [0.2, 0.25) is 0 Å². The van der Waals surface area contributed by atoms with E-state index in [9.17, 15) is 10.1 Å². The fourth-order valence-corrected chi connectivity index (χ4v) is 5.33. The van der Waals surface area contributed by atoms with Crippen LogP contribution in [0.3, 0.4) is 0 Å². The third kappa shape index (κ3) is 5.29. The van der Waals surface area contributed by atoms with E-state index in [1.54, 1.807) is 11.0 Å². The molecule has 0 N–H and O–H groups in total. The number of ether oxygens (including phenoxy) is 2. The molecule has 0 bridgehead atoms. The Hall–Kier alpha value is -2.04. The number of benzene rings is 1. The lowest BCUT2D eigenvalue weighted by atomic mass is 9.81. The van der Waals surface area contributed by atoms with Crippen molar-refractivity contribution in [2.24, 2.45) is 0 Å². The normalized spacial score (nSPS) is 20.8. The molecule has 2 aliphatic heterocycles. The van der Waals surface area contributed by atoms with Gasteiger partial charge in [0.1, 0.15) is 17.0 Å². The maximum absolute atomic E-state index is 12.5. The van der Waals surface area contributed by atoms with Crippen molar-refractivity contribution in [2.45, 2.75) is 96.2 Å². The monoisotopic (exact) mass is 458 g/mol. The number of carbonyl (C=O) groups excluding carboxylic acids is 1. The standard InChI is InChI=1S/C25H38N2O4Si/c1-23(2,3)30-22(28)27-13-11-25(12-14-27)16-21(31-32(7,8)24(4,5)6)19-15-18(17-26)9-10-20(19)29-25/h9-10,15,21H,11-14,16H2,1-8H3. The number of carbonyl (C=O) groups is 1. The Morgan fingerprint density at radius 2 is 1.81 bits per heavy atom.